The van der Waals surface area contributed by atoms with Gasteiger partial charge in [-0.1, -0.05) is 58.9 Å². The van der Waals surface area contributed by atoms with Crippen LogP contribution in [-0.2, 0) is 0 Å². The Morgan fingerprint density at radius 2 is 1.30 bits per heavy atom. The molecular formula is C19H33N. The minimum Gasteiger partial charge on any atom is -0.305 e. The normalized spacial score (nSPS) is 14.7. The van der Waals surface area contributed by atoms with Crippen LogP contribution in [0.15, 0.2) is 24.3 Å². The van der Waals surface area contributed by atoms with Crippen molar-refractivity contribution in [3.63, 3.8) is 0 Å². The van der Waals surface area contributed by atoms with E-state index in [4.69, 9.17) is 0 Å². The summed E-state index contributed by atoms with van der Waals surface area (Å²) in [6.07, 6.45) is 1.16. The van der Waals surface area contributed by atoms with Crippen LogP contribution in [0.25, 0.3) is 0 Å². The molecule has 0 heterocycles. The molecule has 1 unspecified atom stereocenters. The van der Waals surface area contributed by atoms with Gasteiger partial charge >= 0.3 is 0 Å². The molecular weight excluding hydrogens is 242 g/mol. The second-order valence-corrected chi connectivity index (χ2v) is 8.31. The summed E-state index contributed by atoms with van der Waals surface area (Å²) in [6.45, 7) is 18.3. The van der Waals surface area contributed by atoms with Crippen LogP contribution < -0.4 is 5.32 Å². The summed E-state index contributed by atoms with van der Waals surface area (Å²) in [7, 11) is 0. The predicted molar refractivity (Wildman–Crippen MR) is 90.2 cm³/mol. The smallest absolute Gasteiger partial charge is 0.0296 e. The van der Waals surface area contributed by atoms with Crippen molar-refractivity contribution in [1.29, 1.82) is 0 Å². The molecule has 0 aliphatic carbocycles. The van der Waals surface area contributed by atoms with E-state index in [1.165, 1.54) is 11.1 Å². The molecule has 0 amide bonds. The van der Waals surface area contributed by atoms with Crippen LogP contribution in [0.5, 0.6) is 0 Å². The quantitative estimate of drug-likeness (QED) is 0.729. The Morgan fingerprint density at radius 1 is 0.850 bits per heavy atom. The van der Waals surface area contributed by atoms with E-state index in [9.17, 15) is 0 Å². The Bertz CT molecular complexity index is 406. The maximum Gasteiger partial charge on any atom is 0.0296 e. The van der Waals surface area contributed by atoms with Gasteiger partial charge in [-0.3, -0.25) is 0 Å². The first-order chi connectivity index (χ1) is 9.00. The largest absolute Gasteiger partial charge is 0.305 e. The van der Waals surface area contributed by atoms with Gasteiger partial charge in [-0.05, 0) is 49.7 Å². The van der Waals surface area contributed by atoms with Gasteiger partial charge in [0.1, 0.15) is 0 Å². The third-order valence-electron chi connectivity index (χ3n) is 3.68. The molecule has 0 bridgehead atoms. The lowest BCUT2D eigenvalue weighted by atomic mass is 9.81. The molecule has 1 aromatic rings. The molecule has 1 aromatic carbocycles. The van der Waals surface area contributed by atoms with Gasteiger partial charge in [-0.15, -0.1) is 0 Å². The summed E-state index contributed by atoms with van der Waals surface area (Å²) < 4.78 is 0. The van der Waals surface area contributed by atoms with Gasteiger partial charge < -0.3 is 5.32 Å². The van der Waals surface area contributed by atoms with E-state index in [-0.39, 0.29) is 5.54 Å². The zero-order chi connectivity index (χ0) is 15.6. The summed E-state index contributed by atoms with van der Waals surface area (Å²) in [5.74, 6) is 0.602. The van der Waals surface area contributed by atoms with E-state index in [0.717, 1.165) is 6.42 Å². The maximum atomic E-state index is 3.78. The van der Waals surface area contributed by atoms with E-state index >= 15 is 0 Å². The Kier molecular flexibility index (Phi) is 5.43. The molecule has 0 saturated heterocycles. The van der Waals surface area contributed by atoms with Crippen LogP contribution in [0.4, 0.5) is 0 Å². The fourth-order valence-corrected chi connectivity index (χ4v) is 3.22. The Hall–Kier alpha value is -0.820. The third kappa shape index (κ3) is 5.66. The molecule has 0 aromatic heterocycles. The van der Waals surface area contributed by atoms with E-state index in [2.05, 4.69) is 85.0 Å². The van der Waals surface area contributed by atoms with Crippen molar-refractivity contribution in [2.75, 3.05) is 0 Å². The minimum absolute atomic E-state index is 0.147. The lowest BCUT2D eigenvalue weighted by Crippen LogP contribution is -2.43. The number of rotatable bonds is 5. The van der Waals surface area contributed by atoms with Crippen molar-refractivity contribution in [2.45, 2.75) is 79.3 Å². The molecule has 0 spiro atoms. The van der Waals surface area contributed by atoms with Crippen molar-refractivity contribution in [3.8, 4) is 0 Å². The van der Waals surface area contributed by atoms with Crippen LogP contribution in [0, 0.1) is 5.41 Å². The van der Waals surface area contributed by atoms with Crippen LogP contribution in [0.1, 0.15) is 84.9 Å². The molecule has 1 atom stereocenters. The highest BCUT2D eigenvalue weighted by Gasteiger charge is 2.26. The molecule has 20 heavy (non-hydrogen) atoms. The van der Waals surface area contributed by atoms with E-state index < -0.39 is 0 Å². The molecule has 1 heteroatoms. The van der Waals surface area contributed by atoms with Gasteiger partial charge in [-0.2, -0.15) is 0 Å². The van der Waals surface area contributed by atoms with Crippen LogP contribution in [0.3, 0.4) is 0 Å². The molecule has 114 valence electrons. The number of hydrogen-bond donors (Lipinski definition) is 1. The lowest BCUT2D eigenvalue weighted by Gasteiger charge is -2.36. The van der Waals surface area contributed by atoms with Crippen molar-refractivity contribution in [2.24, 2.45) is 5.41 Å². The van der Waals surface area contributed by atoms with Gasteiger partial charge in [-0.25, -0.2) is 0 Å². The first kappa shape index (κ1) is 17.2. The summed E-state index contributed by atoms with van der Waals surface area (Å²) in [5.41, 5.74) is 3.28. The zero-order valence-electron chi connectivity index (χ0n) is 14.7. The monoisotopic (exact) mass is 275 g/mol. The Labute approximate surface area is 126 Å². The average Bonchev–Trinajstić information content (AvgIpc) is 2.24. The summed E-state index contributed by atoms with van der Waals surface area (Å²) in [6, 6.07) is 9.43. The molecule has 1 rings (SSSR count). The zero-order valence-corrected chi connectivity index (χ0v) is 14.7. The fraction of sp³-hybridized carbons (Fsp3) is 0.684. The predicted octanol–water partition coefficient (Wildman–Crippen LogP) is 5.68. The lowest BCUT2D eigenvalue weighted by molar-refractivity contribution is 0.227. The van der Waals surface area contributed by atoms with Crippen molar-refractivity contribution >= 4 is 0 Å². The SMILES string of the molecule is CC(C)c1ccc(C(C)NC(C)(C)CC(C)(C)C)cc1. The summed E-state index contributed by atoms with van der Waals surface area (Å²) in [5, 5.41) is 3.78. The van der Waals surface area contributed by atoms with E-state index in [1.807, 2.05) is 0 Å². The summed E-state index contributed by atoms with van der Waals surface area (Å²) in [4.78, 5) is 0. The molecule has 0 saturated carbocycles. The topological polar surface area (TPSA) is 12.0 Å². The molecule has 1 N–H and O–H groups in total. The van der Waals surface area contributed by atoms with Gasteiger partial charge in [0.05, 0.1) is 0 Å². The Morgan fingerprint density at radius 3 is 1.70 bits per heavy atom. The molecule has 0 radical (unpaired) electrons. The Balaban J connectivity index is 2.73. The highest BCUT2D eigenvalue weighted by molar-refractivity contribution is 5.26. The minimum atomic E-state index is 0.147. The first-order valence-electron chi connectivity index (χ1n) is 7.88. The van der Waals surface area contributed by atoms with Crippen molar-refractivity contribution in [1.82, 2.24) is 5.32 Å². The van der Waals surface area contributed by atoms with Crippen molar-refractivity contribution < 1.29 is 0 Å². The standard InChI is InChI=1S/C19H33N/c1-14(2)16-9-11-17(12-10-16)15(3)20-19(7,8)13-18(4,5)6/h9-12,14-15,20H,13H2,1-8H3. The second kappa shape index (κ2) is 6.30. The molecule has 0 aliphatic rings. The van der Waals surface area contributed by atoms with Crippen LogP contribution in [-0.4, -0.2) is 5.54 Å². The van der Waals surface area contributed by atoms with Crippen LogP contribution in [0.2, 0.25) is 0 Å². The van der Waals surface area contributed by atoms with Crippen LogP contribution >= 0.6 is 0 Å². The van der Waals surface area contributed by atoms with Crippen molar-refractivity contribution in [3.05, 3.63) is 35.4 Å². The average molecular weight is 275 g/mol. The number of benzene rings is 1. The number of nitrogens with one attached hydrogen (secondary N) is 1. The highest BCUT2D eigenvalue weighted by Crippen LogP contribution is 2.29. The third-order valence-corrected chi connectivity index (χ3v) is 3.68. The fourth-order valence-electron chi connectivity index (χ4n) is 3.22. The molecule has 0 fully saturated rings. The summed E-state index contributed by atoms with van der Waals surface area (Å²) >= 11 is 0. The van der Waals surface area contributed by atoms with E-state index in [1.54, 1.807) is 0 Å². The van der Waals surface area contributed by atoms with Gasteiger partial charge in [0.2, 0.25) is 0 Å². The van der Waals surface area contributed by atoms with Gasteiger partial charge in [0.25, 0.3) is 0 Å². The maximum absolute atomic E-state index is 3.78. The van der Waals surface area contributed by atoms with E-state index in [0.29, 0.717) is 17.4 Å². The highest BCUT2D eigenvalue weighted by atomic mass is 15.0. The van der Waals surface area contributed by atoms with Gasteiger partial charge in [0.15, 0.2) is 0 Å². The first-order valence-corrected chi connectivity index (χ1v) is 7.88. The molecule has 0 aliphatic heterocycles. The van der Waals surface area contributed by atoms with Gasteiger partial charge in [0, 0.05) is 11.6 Å². The molecule has 1 nitrogen and oxygen atoms in total. The number of hydrogen-bond acceptors (Lipinski definition) is 1. The second-order valence-electron chi connectivity index (χ2n) is 8.31.